The van der Waals surface area contributed by atoms with Crippen LogP contribution in [-0.4, -0.2) is 23.5 Å². The Morgan fingerprint density at radius 3 is 3.20 bits per heavy atom. The van der Waals surface area contributed by atoms with Gasteiger partial charge in [0.1, 0.15) is 5.01 Å². The fraction of sp³-hybridized carbons (Fsp3) is 0.429. The van der Waals surface area contributed by atoms with Gasteiger partial charge in [0.2, 0.25) is 5.91 Å². The molecule has 0 radical (unpaired) electrons. The third kappa shape index (κ3) is 3.26. The summed E-state index contributed by atoms with van der Waals surface area (Å²) >= 11 is 3.33. The summed E-state index contributed by atoms with van der Waals surface area (Å²) in [5.41, 5.74) is 2.19. The molecule has 20 heavy (non-hydrogen) atoms. The highest BCUT2D eigenvalue weighted by Crippen LogP contribution is 2.25. The molecule has 2 aromatic heterocycles. The molecule has 0 spiro atoms. The van der Waals surface area contributed by atoms with Gasteiger partial charge in [-0.15, -0.1) is 11.3 Å². The van der Waals surface area contributed by atoms with Gasteiger partial charge in [-0.1, -0.05) is 0 Å². The van der Waals surface area contributed by atoms with Gasteiger partial charge in [0.05, 0.1) is 11.7 Å². The molecule has 0 bridgehead atoms. The second kappa shape index (κ2) is 6.47. The van der Waals surface area contributed by atoms with Crippen LogP contribution >= 0.6 is 22.7 Å². The van der Waals surface area contributed by atoms with Gasteiger partial charge in [0.25, 0.3) is 0 Å². The van der Waals surface area contributed by atoms with Crippen molar-refractivity contribution < 1.29 is 4.79 Å². The van der Waals surface area contributed by atoms with Gasteiger partial charge in [-0.05, 0) is 30.7 Å². The van der Waals surface area contributed by atoms with E-state index in [1.165, 1.54) is 5.56 Å². The predicted octanol–water partition coefficient (Wildman–Crippen LogP) is 2.63. The van der Waals surface area contributed by atoms with Gasteiger partial charge >= 0.3 is 0 Å². The van der Waals surface area contributed by atoms with Gasteiger partial charge in [-0.3, -0.25) is 4.79 Å². The maximum atomic E-state index is 11.8. The number of nitrogens with one attached hydrogen (secondary N) is 2. The average molecular weight is 307 g/mol. The summed E-state index contributed by atoms with van der Waals surface area (Å²) in [6.07, 6.45) is 3.07. The molecule has 1 saturated heterocycles. The van der Waals surface area contributed by atoms with Crippen LogP contribution in [0.15, 0.2) is 22.2 Å². The highest BCUT2D eigenvalue weighted by molar-refractivity contribution is 7.14. The van der Waals surface area contributed by atoms with Crippen molar-refractivity contribution in [1.29, 1.82) is 0 Å². The smallest absolute Gasteiger partial charge is 0.237 e. The number of aromatic nitrogens is 1. The SMILES string of the molecule is O=C1NCCCC[C@H]1NCc1csc(-c2ccsc2)n1. The van der Waals surface area contributed by atoms with Crippen molar-refractivity contribution in [3.8, 4) is 10.6 Å². The maximum Gasteiger partial charge on any atom is 0.237 e. The van der Waals surface area contributed by atoms with Crippen molar-refractivity contribution in [1.82, 2.24) is 15.6 Å². The zero-order valence-electron chi connectivity index (χ0n) is 11.1. The van der Waals surface area contributed by atoms with Crippen LogP contribution < -0.4 is 10.6 Å². The first kappa shape index (κ1) is 13.7. The van der Waals surface area contributed by atoms with Crippen LogP contribution in [0.2, 0.25) is 0 Å². The fourth-order valence-electron chi connectivity index (χ4n) is 2.27. The summed E-state index contributed by atoms with van der Waals surface area (Å²) in [5.74, 6) is 0.121. The Hall–Kier alpha value is -1.24. The lowest BCUT2D eigenvalue weighted by atomic mass is 10.1. The van der Waals surface area contributed by atoms with E-state index in [1.807, 2.05) is 0 Å². The number of rotatable bonds is 4. The Morgan fingerprint density at radius 1 is 1.40 bits per heavy atom. The third-order valence-corrected chi connectivity index (χ3v) is 5.01. The zero-order chi connectivity index (χ0) is 13.8. The summed E-state index contributed by atoms with van der Waals surface area (Å²) in [7, 11) is 0. The predicted molar refractivity (Wildman–Crippen MR) is 82.9 cm³/mol. The first-order valence-corrected chi connectivity index (χ1v) is 8.63. The molecule has 106 valence electrons. The Morgan fingerprint density at radius 2 is 2.35 bits per heavy atom. The van der Waals surface area contributed by atoms with E-state index in [-0.39, 0.29) is 11.9 Å². The maximum absolute atomic E-state index is 11.8. The molecule has 1 amide bonds. The minimum Gasteiger partial charge on any atom is -0.355 e. The van der Waals surface area contributed by atoms with E-state index >= 15 is 0 Å². The molecule has 4 nitrogen and oxygen atoms in total. The standard InChI is InChI=1S/C14H17N3OS2/c18-13-12(3-1-2-5-15-13)16-7-11-9-20-14(17-11)10-4-6-19-8-10/h4,6,8-9,12,16H,1-3,5,7H2,(H,15,18)/t12-/m1/s1. The van der Waals surface area contributed by atoms with Gasteiger partial charge in [-0.2, -0.15) is 11.3 Å². The lowest BCUT2D eigenvalue weighted by Gasteiger charge is -2.13. The topological polar surface area (TPSA) is 54.0 Å². The lowest BCUT2D eigenvalue weighted by molar-refractivity contribution is -0.122. The molecule has 1 fully saturated rings. The molecule has 3 rings (SSSR count). The molecular formula is C14H17N3OS2. The molecule has 0 saturated carbocycles. The van der Waals surface area contributed by atoms with E-state index in [1.54, 1.807) is 22.7 Å². The number of hydrogen-bond acceptors (Lipinski definition) is 5. The average Bonchev–Trinajstić information content (AvgIpc) is 3.08. The normalized spacial score (nSPS) is 19.6. The zero-order valence-corrected chi connectivity index (χ0v) is 12.7. The van der Waals surface area contributed by atoms with E-state index in [0.29, 0.717) is 6.54 Å². The summed E-state index contributed by atoms with van der Waals surface area (Å²) in [4.78, 5) is 16.5. The van der Waals surface area contributed by atoms with Crippen molar-refractivity contribution in [2.75, 3.05) is 6.54 Å². The van der Waals surface area contributed by atoms with E-state index in [9.17, 15) is 4.79 Å². The fourth-order valence-corrected chi connectivity index (χ4v) is 3.80. The summed E-state index contributed by atoms with van der Waals surface area (Å²) in [5, 5.41) is 13.5. The number of amides is 1. The monoisotopic (exact) mass is 307 g/mol. The number of carbonyl (C=O) groups is 1. The van der Waals surface area contributed by atoms with Crippen LogP contribution in [0.25, 0.3) is 10.6 Å². The molecule has 1 aliphatic rings. The molecule has 2 aromatic rings. The third-order valence-electron chi connectivity index (χ3n) is 3.38. The molecule has 3 heterocycles. The van der Waals surface area contributed by atoms with Gasteiger partial charge in [-0.25, -0.2) is 4.98 Å². The Balaban J connectivity index is 1.59. The van der Waals surface area contributed by atoms with Crippen molar-refractivity contribution in [2.24, 2.45) is 0 Å². The minimum absolute atomic E-state index is 0.0798. The van der Waals surface area contributed by atoms with E-state index in [4.69, 9.17) is 0 Å². The van der Waals surface area contributed by atoms with E-state index in [2.05, 4.69) is 37.8 Å². The van der Waals surface area contributed by atoms with Crippen LogP contribution in [0.5, 0.6) is 0 Å². The number of thiazole rings is 1. The van der Waals surface area contributed by atoms with E-state index < -0.39 is 0 Å². The number of carbonyl (C=O) groups excluding carboxylic acids is 1. The van der Waals surface area contributed by atoms with Crippen molar-refractivity contribution in [3.05, 3.63) is 27.9 Å². The molecule has 6 heteroatoms. The number of thiophene rings is 1. The molecular weight excluding hydrogens is 290 g/mol. The van der Waals surface area contributed by atoms with Crippen molar-refractivity contribution >= 4 is 28.6 Å². The van der Waals surface area contributed by atoms with Crippen LogP contribution in [0, 0.1) is 0 Å². The van der Waals surface area contributed by atoms with E-state index in [0.717, 1.165) is 36.5 Å². The summed E-state index contributed by atoms with van der Waals surface area (Å²) in [6, 6.07) is 2.00. The summed E-state index contributed by atoms with van der Waals surface area (Å²) in [6.45, 7) is 1.45. The second-order valence-electron chi connectivity index (χ2n) is 4.88. The van der Waals surface area contributed by atoms with Crippen molar-refractivity contribution in [2.45, 2.75) is 31.8 Å². The molecule has 1 atom stereocenters. The quantitative estimate of drug-likeness (QED) is 0.913. The first-order valence-electron chi connectivity index (χ1n) is 6.81. The summed E-state index contributed by atoms with van der Waals surface area (Å²) < 4.78 is 0. The molecule has 2 N–H and O–H groups in total. The molecule has 0 aromatic carbocycles. The molecule has 1 aliphatic heterocycles. The number of nitrogens with zero attached hydrogens (tertiary/aromatic N) is 1. The number of hydrogen-bond donors (Lipinski definition) is 2. The van der Waals surface area contributed by atoms with Crippen molar-refractivity contribution in [3.63, 3.8) is 0 Å². The lowest BCUT2D eigenvalue weighted by Crippen LogP contribution is -2.42. The van der Waals surface area contributed by atoms with Crippen LogP contribution in [0.3, 0.4) is 0 Å². The highest BCUT2D eigenvalue weighted by Gasteiger charge is 2.20. The second-order valence-corrected chi connectivity index (χ2v) is 6.51. The Bertz CT molecular complexity index is 565. The molecule has 0 aliphatic carbocycles. The Kier molecular flexibility index (Phi) is 4.44. The first-order chi connectivity index (χ1) is 9.83. The molecule has 0 unspecified atom stereocenters. The van der Waals surface area contributed by atoms with Gasteiger partial charge in [0, 0.05) is 29.4 Å². The van der Waals surface area contributed by atoms with Crippen LogP contribution in [0.1, 0.15) is 25.0 Å². The largest absolute Gasteiger partial charge is 0.355 e. The minimum atomic E-state index is -0.0798. The van der Waals surface area contributed by atoms with Gasteiger partial charge < -0.3 is 10.6 Å². The van der Waals surface area contributed by atoms with Crippen LogP contribution in [-0.2, 0) is 11.3 Å². The van der Waals surface area contributed by atoms with Crippen LogP contribution in [0.4, 0.5) is 0 Å². The Labute approximate surface area is 126 Å². The highest BCUT2D eigenvalue weighted by atomic mass is 32.1. The van der Waals surface area contributed by atoms with Gasteiger partial charge in [0.15, 0.2) is 0 Å².